The lowest BCUT2D eigenvalue weighted by Gasteiger charge is -2.37. The third-order valence-electron chi connectivity index (χ3n) is 5.20. The number of carbonyl (C=O) groups is 2. The van der Waals surface area contributed by atoms with E-state index in [1.54, 1.807) is 0 Å². The van der Waals surface area contributed by atoms with Gasteiger partial charge in [-0.15, -0.1) is 0 Å². The van der Waals surface area contributed by atoms with Crippen LogP contribution < -0.4 is 5.32 Å². The van der Waals surface area contributed by atoms with Crippen LogP contribution in [0.15, 0.2) is 0 Å². The van der Waals surface area contributed by atoms with Crippen molar-refractivity contribution in [3.8, 4) is 0 Å². The minimum Gasteiger partial charge on any atom is -0.366 e. The van der Waals surface area contributed by atoms with E-state index in [1.807, 2.05) is 9.80 Å². The minimum atomic E-state index is -0.343. The number of amides is 2. The molecule has 0 saturated carbocycles. The summed E-state index contributed by atoms with van der Waals surface area (Å²) in [6, 6.07) is 0. The van der Waals surface area contributed by atoms with E-state index in [-0.39, 0.29) is 17.9 Å². The van der Waals surface area contributed by atoms with Crippen LogP contribution in [0.4, 0.5) is 0 Å². The summed E-state index contributed by atoms with van der Waals surface area (Å²) in [7, 11) is 0. The normalized spacial score (nSPS) is 26.9. The lowest BCUT2D eigenvalue weighted by atomic mass is 10.2. The van der Waals surface area contributed by atoms with Gasteiger partial charge in [-0.25, -0.2) is 0 Å². The highest BCUT2D eigenvalue weighted by atomic mass is 16.5. The number of rotatable bonds is 3. The first kappa shape index (κ1) is 17.6. The van der Waals surface area contributed by atoms with Crippen LogP contribution in [0.1, 0.15) is 25.7 Å². The largest absolute Gasteiger partial charge is 0.366 e. The molecular weight excluding hydrogens is 308 g/mol. The highest BCUT2D eigenvalue weighted by Crippen LogP contribution is 2.11. The Labute approximate surface area is 144 Å². The van der Waals surface area contributed by atoms with Crippen molar-refractivity contribution in [1.29, 1.82) is 0 Å². The summed E-state index contributed by atoms with van der Waals surface area (Å²) in [5, 5.41) is 3.20. The summed E-state index contributed by atoms with van der Waals surface area (Å²) in [4.78, 5) is 31.0. The van der Waals surface area contributed by atoms with Crippen LogP contribution in [0.25, 0.3) is 0 Å². The van der Waals surface area contributed by atoms with E-state index in [0.717, 1.165) is 45.6 Å². The maximum atomic E-state index is 12.5. The second-order valence-electron chi connectivity index (χ2n) is 6.96. The zero-order valence-corrected chi connectivity index (χ0v) is 14.5. The van der Waals surface area contributed by atoms with Gasteiger partial charge >= 0.3 is 0 Å². The average molecular weight is 338 g/mol. The Balaban J connectivity index is 1.41. The van der Waals surface area contributed by atoms with Gasteiger partial charge in [0.25, 0.3) is 5.91 Å². The number of carbonyl (C=O) groups excluding carboxylic acids is 2. The summed E-state index contributed by atoms with van der Waals surface area (Å²) in [6.45, 7) is 7.23. The molecule has 3 aliphatic heterocycles. The molecule has 0 bridgehead atoms. The van der Waals surface area contributed by atoms with Gasteiger partial charge in [-0.1, -0.05) is 12.8 Å². The molecule has 2 amide bonds. The summed E-state index contributed by atoms with van der Waals surface area (Å²) < 4.78 is 5.55. The van der Waals surface area contributed by atoms with Gasteiger partial charge in [0.05, 0.1) is 13.2 Å². The number of ether oxygens (including phenoxy) is 1. The Kier molecular flexibility index (Phi) is 6.45. The summed E-state index contributed by atoms with van der Waals surface area (Å²) >= 11 is 0. The molecule has 3 saturated heterocycles. The molecule has 0 radical (unpaired) electrons. The van der Waals surface area contributed by atoms with Crippen molar-refractivity contribution in [3.05, 3.63) is 0 Å². The van der Waals surface area contributed by atoms with Gasteiger partial charge in [0, 0.05) is 52.4 Å². The number of nitrogens with one attached hydrogen (secondary N) is 1. The zero-order chi connectivity index (χ0) is 16.8. The predicted molar refractivity (Wildman–Crippen MR) is 90.7 cm³/mol. The molecule has 1 N–H and O–H groups in total. The maximum absolute atomic E-state index is 12.5. The zero-order valence-electron chi connectivity index (χ0n) is 14.5. The summed E-state index contributed by atoms with van der Waals surface area (Å²) in [5.41, 5.74) is 0. The number of nitrogens with zero attached hydrogens (tertiary/aromatic N) is 3. The van der Waals surface area contributed by atoms with E-state index in [0.29, 0.717) is 32.8 Å². The third kappa shape index (κ3) is 4.68. The van der Waals surface area contributed by atoms with E-state index in [4.69, 9.17) is 4.74 Å². The SMILES string of the molecule is O=C(CN1CCN(C(=O)C2CNCCO2)CC1)N1CCCCCC1. The van der Waals surface area contributed by atoms with E-state index < -0.39 is 0 Å². The standard InChI is InChI=1S/C17H30N4O3/c22-16(20-6-3-1-2-4-7-20)14-19-8-10-21(11-9-19)17(23)15-13-18-5-12-24-15/h15,18H,1-14H2. The molecule has 0 aromatic rings. The number of likely N-dealkylation sites (tertiary alicyclic amines) is 1. The van der Waals surface area contributed by atoms with Crippen molar-refractivity contribution in [2.75, 3.05) is 65.5 Å². The molecule has 0 aromatic heterocycles. The highest BCUT2D eigenvalue weighted by Gasteiger charge is 2.30. The fraction of sp³-hybridized carbons (Fsp3) is 0.882. The predicted octanol–water partition coefficient (Wildman–Crippen LogP) is -0.478. The molecule has 0 aliphatic carbocycles. The molecule has 3 rings (SSSR count). The minimum absolute atomic E-state index is 0.0840. The number of piperazine rings is 1. The molecule has 3 aliphatic rings. The van der Waals surface area contributed by atoms with Crippen LogP contribution in [-0.2, 0) is 14.3 Å². The lowest BCUT2D eigenvalue weighted by molar-refractivity contribution is -0.147. The second kappa shape index (κ2) is 8.78. The molecule has 24 heavy (non-hydrogen) atoms. The first-order valence-corrected chi connectivity index (χ1v) is 9.35. The molecule has 3 heterocycles. The fourth-order valence-corrected chi connectivity index (χ4v) is 3.67. The van der Waals surface area contributed by atoms with Crippen molar-refractivity contribution in [2.45, 2.75) is 31.8 Å². The molecule has 7 heteroatoms. The Morgan fingerprint density at radius 2 is 1.62 bits per heavy atom. The number of morpholine rings is 1. The van der Waals surface area contributed by atoms with Crippen molar-refractivity contribution >= 4 is 11.8 Å². The topological polar surface area (TPSA) is 65.1 Å². The average Bonchev–Trinajstić information content (AvgIpc) is 2.92. The van der Waals surface area contributed by atoms with E-state index in [9.17, 15) is 9.59 Å². The van der Waals surface area contributed by atoms with E-state index in [1.165, 1.54) is 12.8 Å². The first-order valence-electron chi connectivity index (χ1n) is 9.35. The summed E-state index contributed by atoms with van der Waals surface area (Å²) in [6.07, 6.45) is 4.39. The van der Waals surface area contributed by atoms with Crippen molar-refractivity contribution in [2.24, 2.45) is 0 Å². The maximum Gasteiger partial charge on any atom is 0.253 e. The van der Waals surface area contributed by atoms with Crippen LogP contribution in [0.3, 0.4) is 0 Å². The first-order chi connectivity index (χ1) is 11.7. The van der Waals surface area contributed by atoms with Gasteiger partial charge < -0.3 is 19.9 Å². The van der Waals surface area contributed by atoms with Crippen LogP contribution in [-0.4, -0.2) is 98.1 Å². The Bertz CT molecular complexity index is 424. The van der Waals surface area contributed by atoms with Crippen LogP contribution in [0.5, 0.6) is 0 Å². The van der Waals surface area contributed by atoms with Gasteiger partial charge in [0.1, 0.15) is 6.10 Å². The number of hydrogen-bond acceptors (Lipinski definition) is 5. The third-order valence-corrected chi connectivity index (χ3v) is 5.20. The Morgan fingerprint density at radius 1 is 0.917 bits per heavy atom. The van der Waals surface area contributed by atoms with Crippen LogP contribution in [0, 0.1) is 0 Å². The lowest BCUT2D eigenvalue weighted by Crippen LogP contribution is -2.56. The summed E-state index contributed by atoms with van der Waals surface area (Å²) in [5.74, 6) is 0.331. The Hall–Kier alpha value is -1.18. The van der Waals surface area contributed by atoms with Crippen molar-refractivity contribution in [3.63, 3.8) is 0 Å². The van der Waals surface area contributed by atoms with Crippen LogP contribution in [0.2, 0.25) is 0 Å². The smallest absolute Gasteiger partial charge is 0.253 e. The van der Waals surface area contributed by atoms with Gasteiger partial charge in [0.15, 0.2) is 0 Å². The molecule has 136 valence electrons. The second-order valence-corrected chi connectivity index (χ2v) is 6.96. The van der Waals surface area contributed by atoms with E-state index in [2.05, 4.69) is 10.2 Å². The van der Waals surface area contributed by atoms with Gasteiger partial charge in [-0.3, -0.25) is 14.5 Å². The monoisotopic (exact) mass is 338 g/mol. The van der Waals surface area contributed by atoms with Gasteiger partial charge in [0.2, 0.25) is 5.91 Å². The molecule has 0 spiro atoms. The van der Waals surface area contributed by atoms with Crippen molar-refractivity contribution in [1.82, 2.24) is 20.0 Å². The highest BCUT2D eigenvalue weighted by molar-refractivity contribution is 5.81. The van der Waals surface area contributed by atoms with E-state index >= 15 is 0 Å². The molecule has 0 aromatic carbocycles. The fourth-order valence-electron chi connectivity index (χ4n) is 3.67. The molecule has 1 atom stereocenters. The van der Waals surface area contributed by atoms with Crippen molar-refractivity contribution < 1.29 is 14.3 Å². The quantitative estimate of drug-likeness (QED) is 0.753. The molecule has 7 nitrogen and oxygen atoms in total. The molecule has 1 unspecified atom stereocenters. The molecule has 3 fully saturated rings. The van der Waals surface area contributed by atoms with Gasteiger partial charge in [-0.05, 0) is 12.8 Å². The van der Waals surface area contributed by atoms with Crippen LogP contribution >= 0.6 is 0 Å². The Morgan fingerprint density at radius 3 is 2.25 bits per heavy atom. The van der Waals surface area contributed by atoms with Gasteiger partial charge in [-0.2, -0.15) is 0 Å². The number of hydrogen-bond donors (Lipinski definition) is 1. The molecular formula is C17H30N4O3.